The number of phenols is 1. The van der Waals surface area contributed by atoms with E-state index in [0.717, 1.165) is 5.57 Å². The van der Waals surface area contributed by atoms with Crippen LogP contribution in [0.15, 0.2) is 103 Å². The van der Waals surface area contributed by atoms with Crippen molar-refractivity contribution in [2.45, 2.75) is 37.0 Å². The van der Waals surface area contributed by atoms with Crippen molar-refractivity contribution in [1.29, 1.82) is 0 Å². The van der Waals surface area contributed by atoms with E-state index in [9.17, 15) is 29.1 Å². The molecular formula is C38H33NO7. The molecule has 0 spiro atoms. The average molecular weight is 616 g/mol. The Bertz CT molecular complexity index is 1830. The summed E-state index contributed by atoms with van der Waals surface area (Å²) >= 11 is 0. The van der Waals surface area contributed by atoms with Crippen LogP contribution in [0.1, 0.15) is 48.3 Å². The molecular weight excluding hydrogens is 582 g/mol. The highest BCUT2D eigenvalue weighted by Gasteiger charge is 2.65. The number of carbonyl (C=O) groups excluding carboxylic acids is 4. The summed E-state index contributed by atoms with van der Waals surface area (Å²) in [6, 6.07) is 25.1. The molecule has 6 unspecified atom stereocenters. The summed E-state index contributed by atoms with van der Waals surface area (Å²) < 4.78 is 0. The molecule has 6 atom stereocenters. The van der Waals surface area contributed by atoms with Crippen LogP contribution in [0.5, 0.6) is 5.75 Å². The number of imide groups is 1. The van der Waals surface area contributed by atoms with Crippen LogP contribution < -0.4 is 0 Å². The second kappa shape index (κ2) is 11.4. The van der Waals surface area contributed by atoms with Crippen LogP contribution in [0.3, 0.4) is 0 Å². The summed E-state index contributed by atoms with van der Waals surface area (Å²) in [6.45, 7) is 0.0185. The lowest BCUT2D eigenvalue weighted by Crippen LogP contribution is -2.58. The molecule has 4 aliphatic rings. The molecule has 7 rings (SSSR count). The maximum absolute atomic E-state index is 14.9. The minimum absolute atomic E-state index is 0.0144. The van der Waals surface area contributed by atoms with Crippen LogP contribution in [-0.2, 0) is 29.4 Å². The van der Waals surface area contributed by atoms with Crippen LogP contribution in [-0.4, -0.2) is 51.0 Å². The quantitative estimate of drug-likeness (QED) is 0.280. The number of benzene rings is 3. The molecule has 3 aromatic carbocycles. The Kier molecular flexibility index (Phi) is 7.31. The third kappa shape index (κ3) is 4.46. The standard InChI is InChI=1S/C38H33NO7/c40-25-14-7-11-23(19-25)34-26-16-17-27-33(37(46)39(36(27)45)18-8-15-32(42)43)29(26)20-30-35(44)28(22-9-3-1-4-10-22)21-31(41)38(30,34)24-12-5-2-6-13-24/h1-7,9-14,16,19,21,27,29-30,33-34,40H,8,15,17-18,20H2,(H,42,43). The summed E-state index contributed by atoms with van der Waals surface area (Å²) in [4.78, 5) is 69.7. The Morgan fingerprint density at radius 1 is 0.870 bits per heavy atom. The number of carboxylic acids is 1. The van der Waals surface area contributed by atoms with Gasteiger partial charge in [0.25, 0.3) is 0 Å². The molecule has 2 amide bonds. The number of rotatable bonds is 7. The Balaban J connectivity index is 1.43. The highest BCUT2D eigenvalue weighted by atomic mass is 16.4. The average Bonchev–Trinajstić information content (AvgIpc) is 3.31. The number of likely N-dealkylation sites (tertiary alicyclic amines) is 1. The number of carbonyl (C=O) groups is 5. The predicted octanol–water partition coefficient (Wildman–Crippen LogP) is 5.08. The number of ketones is 2. The molecule has 3 aliphatic carbocycles. The first-order valence-corrected chi connectivity index (χ1v) is 15.7. The number of aromatic hydroxyl groups is 1. The Morgan fingerprint density at radius 3 is 2.28 bits per heavy atom. The van der Waals surface area contributed by atoms with Gasteiger partial charge in [-0.3, -0.25) is 28.9 Å². The zero-order valence-electron chi connectivity index (χ0n) is 25.0. The Labute approximate surface area is 266 Å². The minimum Gasteiger partial charge on any atom is -0.508 e. The van der Waals surface area contributed by atoms with Gasteiger partial charge in [0.2, 0.25) is 11.8 Å². The van der Waals surface area contributed by atoms with Gasteiger partial charge in [-0.2, -0.15) is 0 Å². The van der Waals surface area contributed by atoms with Gasteiger partial charge in [0.05, 0.1) is 17.3 Å². The summed E-state index contributed by atoms with van der Waals surface area (Å²) in [5, 5.41) is 19.8. The van der Waals surface area contributed by atoms with Crippen LogP contribution in [0, 0.1) is 23.7 Å². The van der Waals surface area contributed by atoms with Crippen molar-refractivity contribution in [2.75, 3.05) is 6.54 Å². The molecule has 1 saturated carbocycles. The number of fused-ring (bicyclic) bond motifs is 4. The number of nitrogens with zero attached hydrogens (tertiary/aromatic N) is 1. The normalized spacial score (nSPS) is 28.6. The SMILES string of the molecule is O=C(O)CCCN1C(=O)C2CC=C3C(CC4C(=O)C(c5ccccc5)=CC(=O)C4(c4ccccc4)C3c3cccc(O)c3)C2C1=O. The molecule has 2 N–H and O–H groups in total. The van der Waals surface area contributed by atoms with Crippen LogP contribution in [0.25, 0.3) is 5.57 Å². The van der Waals surface area contributed by atoms with Gasteiger partial charge >= 0.3 is 5.97 Å². The predicted molar refractivity (Wildman–Crippen MR) is 168 cm³/mol. The second-order valence-electron chi connectivity index (χ2n) is 12.7. The highest BCUT2D eigenvalue weighted by Crippen LogP contribution is 2.63. The van der Waals surface area contributed by atoms with Gasteiger partial charge in [-0.05, 0) is 60.1 Å². The topological polar surface area (TPSA) is 129 Å². The molecule has 46 heavy (non-hydrogen) atoms. The fraction of sp³-hybridized carbons (Fsp3) is 0.289. The zero-order valence-corrected chi connectivity index (χ0v) is 25.0. The molecule has 1 heterocycles. The fourth-order valence-corrected chi connectivity index (χ4v) is 8.63. The summed E-state index contributed by atoms with van der Waals surface area (Å²) in [5.74, 6) is -5.51. The van der Waals surface area contributed by atoms with Crippen molar-refractivity contribution in [3.8, 4) is 5.75 Å². The summed E-state index contributed by atoms with van der Waals surface area (Å²) in [7, 11) is 0. The Hall–Kier alpha value is -5.11. The smallest absolute Gasteiger partial charge is 0.303 e. The Morgan fingerprint density at radius 2 is 1.59 bits per heavy atom. The lowest BCUT2D eigenvalue weighted by Gasteiger charge is -2.55. The lowest BCUT2D eigenvalue weighted by atomic mass is 9.44. The molecule has 8 heteroatoms. The molecule has 3 aromatic rings. The maximum Gasteiger partial charge on any atom is 0.303 e. The zero-order chi connectivity index (χ0) is 32.2. The molecule has 8 nitrogen and oxygen atoms in total. The van der Waals surface area contributed by atoms with Crippen molar-refractivity contribution in [3.05, 3.63) is 119 Å². The first kappa shape index (κ1) is 29.6. The van der Waals surface area contributed by atoms with Gasteiger partial charge in [0.15, 0.2) is 11.6 Å². The van der Waals surface area contributed by atoms with Gasteiger partial charge in [0, 0.05) is 30.4 Å². The lowest BCUT2D eigenvalue weighted by molar-refractivity contribution is -0.142. The molecule has 0 aromatic heterocycles. The highest BCUT2D eigenvalue weighted by molar-refractivity contribution is 6.31. The minimum atomic E-state index is -1.35. The van der Waals surface area contributed by atoms with Crippen molar-refractivity contribution in [1.82, 2.24) is 4.90 Å². The van der Waals surface area contributed by atoms with E-state index < -0.39 is 41.0 Å². The van der Waals surface area contributed by atoms with Gasteiger partial charge < -0.3 is 10.2 Å². The van der Waals surface area contributed by atoms with Crippen molar-refractivity contribution >= 4 is 34.9 Å². The fourth-order valence-electron chi connectivity index (χ4n) is 8.63. The number of carboxylic acid groups (broad SMARTS) is 1. The number of hydrogen-bond donors (Lipinski definition) is 2. The number of phenolic OH excluding ortho intramolecular Hbond substituents is 1. The third-order valence-electron chi connectivity index (χ3n) is 10.4. The van der Waals surface area contributed by atoms with E-state index >= 15 is 0 Å². The number of amides is 2. The van der Waals surface area contributed by atoms with Gasteiger partial charge in [-0.25, -0.2) is 0 Å². The van der Waals surface area contributed by atoms with E-state index in [1.807, 2.05) is 60.7 Å². The number of Topliss-reactive ketones (excluding diaryl/α,β-unsaturated/α-hetero) is 1. The molecule has 1 aliphatic heterocycles. The van der Waals surface area contributed by atoms with Crippen molar-refractivity contribution < 1.29 is 34.2 Å². The van der Waals surface area contributed by atoms with Gasteiger partial charge in [-0.15, -0.1) is 0 Å². The largest absolute Gasteiger partial charge is 0.508 e. The molecule has 1 saturated heterocycles. The van der Waals surface area contributed by atoms with E-state index in [1.54, 1.807) is 30.3 Å². The summed E-state index contributed by atoms with van der Waals surface area (Å²) in [6.07, 6.45) is 3.91. The molecule has 0 radical (unpaired) electrons. The monoisotopic (exact) mass is 615 g/mol. The second-order valence-corrected chi connectivity index (χ2v) is 12.7. The van der Waals surface area contributed by atoms with Crippen LogP contribution >= 0.6 is 0 Å². The van der Waals surface area contributed by atoms with Crippen molar-refractivity contribution in [3.63, 3.8) is 0 Å². The maximum atomic E-state index is 14.9. The summed E-state index contributed by atoms with van der Waals surface area (Å²) in [5.41, 5.74) is 1.75. The van der Waals surface area contributed by atoms with Gasteiger partial charge in [0.1, 0.15) is 5.75 Å². The first-order valence-electron chi connectivity index (χ1n) is 15.7. The third-order valence-corrected chi connectivity index (χ3v) is 10.4. The first-order chi connectivity index (χ1) is 22.2. The van der Waals surface area contributed by atoms with Crippen molar-refractivity contribution in [2.24, 2.45) is 23.7 Å². The van der Waals surface area contributed by atoms with Crippen LogP contribution in [0.2, 0.25) is 0 Å². The van der Waals surface area contributed by atoms with E-state index in [4.69, 9.17) is 5.11 Å². The van der Waals surface area contributed by atoms with E-state index in [0.29, 0.717) is 22.3 Å². The van der Waals surface area contributed by atoms with E-state index in [1.165, 1.54) is 11.0 Å². The van der Waals surface area contributed by atoms with E-state index in [2.05, 4.69) is 0 Å². The van der Waals surface area contributed by atoms with Crippen LogP contribution in [0.4, 0.5) is 0 Å². The van der Waals surface area contributed by atoms with Gasteiger partial charge in [-0.1, -0.05) is 84.4 Å². The number of aliphatic carboxylic acids is 1. The number of allylic oxidation sites excluding steroid dienone is 4. The number of hydrogen-bond acceptors (Lipinski definition) is 6. The molecule has 232 valence electrons. The molecule has 0 bridgehead atoms. The van der Waals surface area contributed by atoms with E-state index in [-0.39, 0.29) is 61.4 Å². The molecule has 2 fully saturated rings.